The first-order chi connectivity index (χ1) is 10.4. The van der Waals surface area contributed by atoms with E-state index in [0.717, 1.165) is 44.9 Å². The molecule has 1 N–H and O–H groups in total. The summed E-state index contributed by atoms with van der Waals surface area (Å²) in [7, 11) is 0. The Morgan fingerprint density at radius 3 is 2.36 bits per heavy atom. The van der Waals surface area contributed by atoms with E-state index < -0.39 is 11.5 Å². The summed E-state index contributed by atoms with van der Waals surface area (Å²) >= 11 is 6.75. The average Bonchev–Trinajstić information content (AvgIpc) is 3.19. The fraction of sp³-hybridized carbons (Fsp3) is 0.882. The van der Waals surface area contributed by atoms with E-state index >= 15 is 0 Å². The maximum absolute atomic E-state index is 12.8. The molecule has 5 aliphatic carbocycles. The molecule has 0 saturated heterocycles. The molecule has 0 aromatic carbocycles. The van der Waals surface area contributed by atoms with Gasteiger partial charge in [-0.3, -0.25) is 9.59 Å². The van der Waals surface area contributed by atoms with Crippen molar-refractivity contribution in [1.82, 2.24) is 5.32 Å². The van der Waals surface area contributed by atoms with Crippen molar-refractivity contribution < 1.29 is 14.3 Å². The lowest BCUT2D eigenvalue weighted by atomic mass is 9.49. The lowest BCUT2D eigenvalue weighted by molar-refractivity contribution is -0.177. The van der Waals surface area contributed by atoms with Crippen LogP contribution in [0.5, 0.6) is 0 Å². The Bertz CT molecular complexity index is 502. The van der Waals surface area contributed by atoms with Gasteiger partial charge in [-0.15, -0.1) is 11.6 Å². The zero-order valence-electron chi connectivity index (χ0n) is 13.1. The Morgan fingerprint density at radius 2 is 1.82 bits per heavy atom. The highest BCUT2D eigenvalue weighted by molar-refractivity contribution is 6.24. The van der Waals surface area contributed by atoms with E-state index in [1.165, 1.54) is 6.42 Å². The molecule has 5 heteroatoms. The van der Waals surface area contributed by atoms with Gasteiger partial charge in [-0.2, -0.15) is 0 Å². The number of carbonyl (C=O) groups excluding carboxylic acids is 2. The molecule has 3 atom stereocenters. The van der Waals surface area contributed by atoms with Gasteiger partial charge in [-0.05, 0) is 70.1 Å². The van der Waals surface area contributed by atoms with Gasteiger partial charge in [0.15, 0.2) is 6.10 Å². The van der Waals surface area contributed by atoms with Crippen LogP contribution in [0.15, 0.2) is 0 Å². The number of esters is 1. The summed E-state index contributed by atoms with van der Waals surface area (Å²) in [6.07, 6.45) is 7.18. The van der Waals surface area contributed by atoms with Crippen molar-refractivity contribution in [3.8, 4) is 0 Å². The van der Waals surface area contributed by atoms with Crippen LogP contribution in [-0.4, -0.2) is 28.9 Å². The van der Waals surface area contributed by atoms with Crippen molar-refractivity contribution in [1.29, 1.82) is 0 Å². The monoisotopic (exact) mass is 325 g/mol. The third kappa shape index (κ3) is 2.53. The molecule has 5 fully saturated rings. The minimum absolute atomic E-state index is 0.166. The largest absolute Gasteiger partial charge is 0.452 e. The number of carbonyl (C=O) groups is 2. The molecule has 4 bridgehead atoms. The number of hydrogen-bond acceptors (Lipinski definition) is 3. The second-order valence-corrected chi connectivity index (χ2v) is 9.02. The third-order valence-electron chi connectivity index (χ3n) is 6.00. The highest BCUT2D eigenvalue weighted by Crippen LogP contribution is 2.64. The van der Waals surface area contributed by atoms with Crippen molar-refractivity contribution in [3.63, 3.8) is 0 Å². The summed E-state index contributed by atoms with van der Waals surface area (Å²) in [5.74, 6) is 0.759. The summed E-state index contributed by atoms with van der Waals surface area (Å²) < 4.78 is 5.56. The number of hydrogen-bond donors (Lipinski definition) is 1. The highest BCUT2D eigenvalue weighted by Gasteiger charge is 2.61. The molecule has 0 aromatic rings. The zero-order chi connectivity index (χ0) is 15.5. The van der Waals surface area contributed by atoms with Crippen molar-refractivity contribution in [3.05, 3.63) is 0 Å². The molecule has 0 aliphatic heterocycles. The minimum Gasteiger partial charge on any atom is -0.452 e. The quantitative estimate of drug-likeness (QED) is 0.638. The maximum atomic E-state index is 12.8. The molecule has 5 aliphatic rings. The Morgan fingerprint density at radius 1 is 1.18 bits per heavy atom. The molecule has 4 nitrogen and oxygen atoms in total. The highest BCUT2D eigenvalue weighted by atomic mass is 35.5. The predicted molar refractivity (Wildman–Crippen MR) is 82.4 cm³/mol. The molecule has 5 saturated carbocycles. The topological polar surface area (TPSA) is 55.4 Å². The van der Waals surface area contributed by atoms with Gasteiger partial charge in [0.2, 0.25) is 0 Å². The average molecular weight is 326 g/mol. The van der Waals surface area contributed by atoms with Crippen LogP contribution in [-0.2, 0) is 14.3 Å². The number of amides is 1. The van der Waals surface area contributed by atoms with Crippen molar-refractivity contribution in [2.45, 2.75) is 75.3 Å². The number of ether oxygens (including phenoxy) is 1. The summed E-state index contributed by atoms with van der Waals surface area (Å²) in [6, 6.07) is 0.291. The van der Waals surface area contributed by atoms with Gasteiger partial charge < -0.3 is 10.1 Å². The lowest BCUT2D eigenvalue weighted by Crippen LogP contribution is -2.57. The predicted octanol–water partition coefficient (Wildman–Crippen LogP) is 2.77. The standard InChI is InChI=1S/C17H24ClNO3/c1-10(14(20)19-13-2-3-13)22-15(21)16-5-11-4-12(6-16)8-17(18,7-11)9-16/h10-13H,2-9H2,1H3,(H,19,20)/t10-,11-,12-,16?,17?/m0/s1. The van der Waals surface area contributed by atoms with Gasteiger partial charge in [0.1, 0.15) is 0 Å². The van der Waals surface area contributed by atoms with Crippen molar-refractivity contribution >= 4 is 23.5 Å². The molecular formula is C17H24ClNO3. The second-order valence-electron chi connectivity index (χ2n) is 8.22. The Labute approximate surface area is 136 Å². The molecule has 0 spiro atoms. The molecule has 22 heavy (non-hydrogen) atoms. The first-order valence-corrected chi connectivity index (χ1v) is 8.96. The first kappa shape index (κ1) is 14.8. The summed E-state index contributed by atoms with van der Waals surface area (Å²) in [5, 5.41) is 2.90. The maximum Gasteiger partial charge on any atom is 0.312 e. The summed E-state index contributed by atoms with van der Waals surface area (Å²) in [6.45, 7) is 1.67. The minimum atomic E-state index is -0.701. The van der Waals surface area contributed by atoms with Crippen LogP contribution in [0.4, 0.5) is 0 Å². The molecule has 0 radical (unpaired) electrons. The van der Waals surface area contributed by atoms with Crippen LogP contribution < -0.4 is 5.32 Å². The van der Waals surface area contributed by atoms with Gasteiger partial charge in [-0.25, -0.2) is 0 Å². The van der Waals surface area contributed by atoms with Crippen LogP contribution in [0.1, 0.15) is 58.3 Å². The van der Waals surface area contributed by atoms with E-state index in [1.807, 2.05) is 0 Å². The van der Waals surface area contributed by atoms with Crippen molar-refractivity contribution in [2.75, 3.05) is 0 Å². The number of halogens is 1. The number of alkyl halides is 1. The summed E-state index contributed by atoms with van der Waals surface area (Å²) in [4.78, 5) is 24.6. The van der Waals surface area contributed by atoms with E-state index in [1.54, 1.807) is 6.92 Å². The number of rotatable bonds is 4. The van der Waals surface area contributed by atoms with Gasteiger partial charge in [0.05, 0.1) is 5.41 Å². The summed E-state index contributed by atoms with van der Waals surface area (Å²) in [5.41, 5.74) is -0.431. The van der Waals surface area contributed by atoms with Crippen LogP contribution in [0.2, 0.25) is 0 Å². The molecule has 122 valence electrons. The van der Waals surface area contributed by atoms with Gasteiger partial charge in [-0.1, -0.05) is 0 Å². The molecule has 5 rings (SSSR count). The molecule has 0 heterocycles. The normalized spacial score (nSPS) is 43.7. The van der Waals surface area contributed by atoms with Crippen LogP contribution in [0, 0.1) is 17.3 Å². The van der Waals surface area contributed by atoms with E-state index in [-0.39, 0.29) is 16.8 Å². The lowest BCUT2D eigenvalue weighted by Gasteiger charge is -2.58. The van der Waals surface area contributed by atoms with Crippen molar-refractivity contribution in [2.24, 2.45) is 17.3 Å². The van der Waals surface area contributed by atoms with Gasteiger partial charge in [0.25, 0.3) is 5.91 Å². The smallest absolute Gasteiger partial charge is 0.312 e. The van der Waals surface area contributed by atoms with Crippen LogP contribution >= 0.6 is 11.6 Å². The Balaban J connectivity index is 1.44. The zero-order valence-corrected chi connectivity index (χ0v) is 13.8. The first-order valence-electron chi connectivity index (χ1n) is 8.58. The van der Waals surface area contributed by atoms with E-state index in [4.69, 9.17) is 16.3 Å². The van der Waals surface area contributed by atoms with Crippen LogP contribution in [0.3, 0.4) is 0 Å². The third-order valence-corrected chi connectivity index (χ3v) is 6.44. The van der Waals surface area contributed by atoms with E-state index in [2.05, 4.69) is 5.32 Å². The Kier molecular flexibility index (Phi) is 3.27. The molecule has 0 unspecified atom stereocenters. The van der Waals surface area contributed by atoms with E-state index in [0.29, 0.717) is 17.9 Å². The molecular weight excluding hydrogens is 302 g/mol. The van der Waals surface area contributed by atoms with Gasteiger partial charge >= 0.3 is 5.97 Å². The fourth-order valence-electron chi connectivity index (χ4n) is 5.27. The SMILES string of the molecule is C[C@H](OC(=O)C12C[C@@H]3C[C@H](CC(Cl)(C3)C1)C2)C(=O)NC1CC1. The Hall–Kier alpha value is -0.770. The second kappa shape index (κ2) is 4.86. The number of nitrogens with one attached hydrogen (secondary N) is 1. The van der Waals surface area contributed by atoms with E-state index in [9.17, 15) is 9.59 Å². The molecule has 1 amide bonds. The molecule has 0 aromatic heterocycles. The fourth-order valence-corrected chi connectivity index (χ4v) is 5.97. The van der Waals surface area contributed by atoms with Crippen LogP contribution in [0.25, 0.3) is 0 Å². The van der Waals surface area contributed by atoms with Gasteiger partial charge in [0, 0.05) is 10.9 Å².